The molecule has 3 aromatic rings. The first-order valence-electron chi connectivity index (χ1n) is 8.89. The zero-order valence-corrected chi connectivity index (χ0v) is 15.7. The van der Waals surface area contributed by atoms with Gasteiger partial charge in [0.25, 0.3) is 11.5 Å². The van der Waals surface area contributed by atoms with Crippen molar-refractivity contribution in [3.63, 3.8) is 0 Å². The molecule has 1 saturated heterocycles. The van der Waals surface area contributed by atoms with Crippen LogP contribution < -0.4 is 16.0 Å². The van der Waals surface area contributed by atoms with E-state index in [1.165, 1.54) is 11.7 Å². The number of nitrogens with two attached hydrogens (primary N) is 1. The summed E-state index contributed by atoms with van der Waals surface area (Å²) in [6.45, 7) is -0.528. The fraction of sp³-hybridized carbons (Fsp3) is 0.353. The zero-order valence-electron chi connectivity index (χ0n) is 15.7. The van der Waals surface area contributed by atoms with E-state index in [1.54, 1.807) is 24.3 Å². The molecule has 13 heteroatoms. The van der Waals surface area contributed by atoms with Gasteiger partial charge in [-0.2, -0.15) is 4.98 Å². The first-order chi connectivity index (χ1) is 14.4. The molecular formula is C17H19N7O6. The third-order valence-corrected chi connectivity index (χ3v) is 4.65. The van der Waals surface area contributed by atoms with Crippen molar-refractivity contribution in [2.45, 2.75) is 24.5 Å². The topological polar surface area (TPSA) is 193 Å². The van der Waals surface area contributed by atoms with E-state index >= 15 is 0 Å². The van der Waals surface area contributed by atoms with Crippen molar-refractivity contribution in [3.05, 3.63) is 34.6 Å². The number of azo groups is 1. The SMILES string of the molecule is COc1ccc(N=Nc2nc3c(=O)[nH]c(N)nc3n2[C@@H]2O[C@H](CO)C(O)[C@@H]2O)cc1. The predicted molar refractivity (Wildman–Crippen MR) is 103 cm³/mol. The number of ether oxygens (including phenoxy) is 2. The van der Waals surface area contributed by atoms with Crippen LogP contribution in [0.15, 0.2) is 39.3 Å². The average molecular weight is 417 g/mol. The predicted octanol–water partition coefficient (Wildman–Crippen LogP) is -0.263. The van der Waals surface area contributed by atoms with Gasteiger partial charge in [-0.1, -0.05) is 0 Å². The maximum Gasteiger partial charge on any atom is 0.280 e. The average Bonchev–Trinajstić information content (AvgIpc) is 3.24. The van der Waals surface area contributed by atoms with Crippen LogP contribution in [0.2, 0.25) is 0 Å². The molecule has 0 spiro atoms. The second kappa shape index (κ2) is 7.79. The summed E-state index contributed by atoms with van der Waals surface area (Å²) in [4.78, 5) is 22.8. The minimum atomic E-state index is -1.45. The smallest absolute Gasteiger partial charge is 0.280 e. The molecule has 2 aromatic heterocycles. The van der Waals surface area contributed by atoms with Crippen LogP contribution in [0.5, 0.6) is 5.75 Å². The quantitative estimate of drug-likeness (QED) is 0.348. The van der Waals surface area contributed by atoms with Crippen LogP contribution in [0.3, 0.4) is 0 Å². The number of aliphatic hydroxyl groups excluding tert-OH is 3. The Balaban J connectivity index is 1.82. The molecule has 0 aliphatic carbocycles. The van der Waals surface area contributed by atoms with Crippen molar-refractivity contribution in [2.24, 2.45) is 10.2 Å². The minimum Gasteiger partial charge on any atom is -0.497 e. The first kappa shape index (κ1) is 19.9. The van der Waals surface area contributed by atoms with Crippen molar-refractivity contribution >= 4 is 28.7 Å². The lowest BCUT2D eigenvalue weighted by Crippen LogP contribution is -2.33. The highest BCUT2D eigenvalue weighted by molar-refractivity contribution is 5.74. The third kappa shape index (κ3) is 3.39. The first-order valence-corrected chi connectivity index (χ1v) is 8.89. The summed E-state index contributed by atoms with van der Waals surface area (Å²) in [5.41, 5.74) is 5.37. The van der Waals surface area contributed by atoms with Gasteiger partial charge in [-0.05, 0) is 24.3 Å². The number of H-pyrrole nitrogens is 1. The van der Waals surface area contributed by atoms with Crippen molar-refractivity contribution in [1.29, 1.82) is 0 Å². The van der Waals surface area contributed by atoms with E-state index in [-0.39, 0.29) is 23.1 Å². The van der Waals surface area contributed by atoms with Gasteiger partial charge in [0, 0.05) is 0 Å². The van der Waals surface area contributed by atoms with E-state index in [9.17, 15) is 20.1 Å². The van der Waals surface area contributed by atoms with Gasteiger partial charge in [-0.15, -0.1) is 10.2 Å². The number of aromatic amines is 1. The molecule has 6 N–H and O–H groups in total. The van der Waals surface area contributed by atoms with Crippen LogP contribution >= 0.6 is 0 Å². The number of nitrogen functional groups attached to an aromatic ring is 1. The van der Waals surface area contributed by atoms with Crippen molar-refractivity contribution in [3.8, 4) is 5.75 Å². The summed E-state index contributed by atoms with van der Waals surface area (Å²) in [7, 11) is 1.54. The molecular weight excluding hydrogens is 398 g/mol. The van der Waals surface area contributed by atoms with Gasteiger partial charge < -0.3 is 30.5 Å². The molecule has 13 nitrogen and oxygen atoms in total. The lowest BCUT2D eigenvalue weighted by Gasteiger charge is -2.17. The third-order valence-electron chi connectivity index (χ3n) is 4.65. The van der Waals surface area contributed by atoms with E-state index in [0.717, 1.165) is 0 Å². The Morgan fingerprint density at radius 1 is 1.23 bits per heavy atom. The number of rotatable bonds is 5. The van der Waals surface area contributed by atoms with E-state index in [0.29, 0.717) is 11.4 Å². The number of aromatic nitrogens is 4. The van der Waals surface area contributed by atoms with E-state index in [2.05, 4.69) is 25.2 Å². The molecule has 0 saturated carbocycles. The fourth-order valence-electron chi connectivity index (χ4n) is 3.14. The Labute approximate surface area is 168 Å². The van der Waals surface area contributed by atoms with Crippen LogP contribution in [0.25, 0.3) is 11.2 Å². The number of anilines is 1. The Hall–Kier alpha value is -3.39. The molecule has 4 atom stereocenters. The van der Waals surface area contributed by atoms with Gasteiger partial charge >= 0.3 is 0 Å². The second-order valence-corrected chi connectivity index (χ2v) is 6.53. The largest absolute Gasteiger partial charge is 0.497 e. The Bertz CT molecular complexity index is 1140. The molecule has 1 aromatic carbocycles. The summed E-state index contributed by atoms with van der Waals surface area (Å²) < 4.78 is 11.8. The number of fused-ring (bicyclic) bond motifs is 1. The number of hydrogen-bond acceptors (Lipinski definition) is 11. The van der Waals surface area contributed by atoms with E-state index in [4.69, 9.17) is 15.2 Å². The molecule has 158 valence electrons. The lowest BCUT2D eigenvalue weighted by atomic mass is 10.1. The highest BCUT2D eigenvalue weighted by Crippen LogP contribution is 2.35. The van der Waals surface area contributed by atoms with E-state index in [1.807, 2.05) is 0 Å². The highest BCUT2D eigenvalue weighted by Gasteiger charge is 2.45. The molecule has 1 aliphatic heterocycles. The molecule has 4 rings (SSSR count). The lowest BCUT2D eigenvalue weighted by molar-refractivity contribution is -0.0503. The molecule has 30 heavy (non-hydrogen) atoms. The maximum absolute atomic E-state index is 12.3. The van der Waals surface area contributed by atoms with Gasteiger partial charge in [0.1, 0.15) is 24.1 Å². The molecule has 0 bridgehead atoms. The fourth-order valence-corrected chi connectivity index (χ4v) is 3.14. The van der Waals surface area contributed by atoms with Crippen molar-refractivity contribution in [1.82, 2.24) is 19.5 Å². The van der Waals surface area contributed by atoms with E-state index < -0.39 is 36.7 Å². The molecule has 0 amide bonds. The van der Waals surface area contributed by atoms with Gasteiger partial charge in [0.2, 0.25) is 5.95 Å². The number of imidazole rings is 1. The molecule has 1 fully saturated rings. The maximum atomic E-state index is 12.3. The number of nitrogens with zero attached hydrogens (tertiary/aromatic N) is 5. The number of hydrogen-bond donors (Lipinski definition) is 5. The summed E-state index contributed by atoms with van der Waals surface area (Å²) in [6.07, 6.45) is -5.10. The Kier molecular flexibility index (Phi) is 5.17. The normalized spacial score (nSPS) is 24.1. The summed E-state index contributed by atoms with van der Waals surface area (Å²) in [5.74, 6) is 0.345. The molecule has 1 unspecified atom stereocenters. The number of methoxy groups -OCH3 is 1. The molecule has 1 aliphatic rings. The Morgan fingerprint density at radius 3 is 2.60 bits per heavy atom. The van der Waals surface area contributed by atoms with Crippen LogP contribution in [0.1, 0.15) is 6.23 Å². The summed E-state index contributed by atoms with van der Waals surface area (Å²) in [6, 6.07) is 6.70. The summed E-state index contributed by atoms with van der Waals surface area (Å²) in [5, 5.41) is 38.1. The highest BCUT2D eigenvalue weighted by atomic mass is 16.6. The van der Waals surface area contributed by atoms with Gasteiger partial charge in [-0.3, -0.25) is 14.3 Å². The van der Waals surface area contributed by atoms with Crippen LogP contribution in [0.4, 0.5) is 17.6 Å². The zero-order chi connectivity index (χ0) is 21.4. The van der Waals surface area contributed by atoms with Crippen LogP contribution in [0, 0.1) is 0 Å². The van der Waals surface area contributed by atoms with Crippen LogP contribution in [-0.4, -0.2) is 66.9 Å². The Morgan fingerprint density at radius 2 is 1.97 bits per heavy atom. The minimum absolute atomic E-state index is 0.0187. The number of nitrogens with one attached hydrogen (secondary N) is 1. The number of aliphatic hydroxyl groups is 3. The standard InChI is InChI=1S/C17H19N7O6/c1-29-8-4-2-7(3-5-8)22-23-17-19-10-13(20-16(18)21-14(10)28)24(17)15-12(27)11(26)9(6-25)30-15/h2-5,9,11-12,15,25-27H,6H2,1H3,(H3,18,20,21,28)/t9-,11?,12+,15-/m1/s1. The van der Waals surface area contributed by atoms with Crippen molar-refractivity contribution < 1.29 is 24.8 Å². The van der Waals surface area contributed by atoms with Crippen molar-refractivity contribution in [2.75, 3.05) is 19.5 Å². The van der Waals surface area contributed by atoms with Gasteiger partial charge in [0.05, 0.1) is 19.4 Å². The van der Waals surface area contributed by atoms with Gasteiger partial charge in [0.15, 0.2) is 17.4 Å². The summed E-state index contributed by atoms with van der Waals surface area (Å²) >= 11 is 0. The second-order valence-electron chi connectivity index (χ2n) is 6.53. The monoisotopic (exact) mass is 417 g/mol. The molecule has 0 radical (unpaired) electrons. The van der Waals surface area contributed by atoms with Gasteiger partial charge in [-0.25, -0.2) is 4.98 Å². The number of benzene rings is 1. The molecule has 3 heterocycles. The van der Waals surface area contributed by atoms with Crippen LogP contribution in [-0.2, 0) is 4.74 Å².